The van der Waals surface area contributed by atoms with Crippen LogP contribution in [0.3, 0.4) is 0 Å². The van der Waals surface area contributed by atoms with Crippen molar-refractivity contribution >= 4 is 0 Å². The number of aliphatic hydroxyl groups excluding tert-OH is 1. The van der Waals surface area contributed by atoms with E-state index in [1.54, 1.807) is 0 Å². The summed E-state index contributed by atoms with van der Waals surface area (Å²) in [6.07, 6.45) is 6.69. The van der Waals surface area contributed by atoms with E-state index in [9.17, 15) is 0 Å². The van der Waals surface area contributed by atoms with E-state index in [-0.39, 0.29) is 0 Å². The molecule has 0 aromatic carbocycles. The molecule has 1 N–H and O–H groups in total. The Labute approximate surface area is 62.8 Å². The van der Waals surface area contributed by atoms with Gasteiger partial charge in [0.2, 0.25) is 0 Å². The maximum absolute atomic E-state index is 8.98. The summed E-state index contributed by atoms with van der Waals surface area (Å²) in [7, 11) is 0. The van der Waals surface area contributed by atoms with Crippen molar-refractivity contribution in [2.24, 2.45) is 11.3 Å². The third kappa shape index (κ3) is 1.40. The van der Waals surface area contributed by atoms with Crippen LogP contribution in [0.2, 0.25) is 0 Å². The van der Waals surface area contributed by atoms with E-state index in [0.717, 1.165) is 0 Å². The van der Waals surface area contributed by atoms with Gasteiger partial charge in [-0.15, -0.1) is 0 Å². The Balaban J connectivity index is 2.66. The summed E-state index contributed by atoms with van der Waals surface area (Å²) in [5.74, 6) is 0.376. The van der Waals surface area contributed by atoms with E-state index in [1.165, 1.54) is 12.8 Å². The van der Waals surface area contributed by atoms with Crippen LogP contribution in [0.4, 0.5) is 0 Å². The van der Waals surface area contributed by atoms with Crippen molar-refractivity contribution in [2.75, 3.05) is 6.61 Å². The molecule has 0 aliphatic heterocycles. The zero-order chi connectivity index (χ0) is 7.61. The molecule has 58 valence electrons. The Hall–Kier alpha value is -0.300. The topological polar surface area (TPSA) is 20.2 Å². The SMILES string of the molecule is CC1(C)CCC=C[C@@H]1CO. The summed E-state index contributed by atoms with van der Waals surface area (Å²) in [5.41, 5.74) is 0.309. The second kappa shape index (κ2) is 2.75. The number of hydrogen-bond acceptors (Lipinski definition) is 1. The molecule has 0 heterocycles. The molecule has 1 heteroatoms. The number of hydrogen-bond donors (Lipinski definition) is 1. The van der Waals surface area contributed by atoms with E-state index in [0.29, 0.717) is 17.9 Å². The highest BCUT2D eigenvalue weighted by Crippen LogP contribution is 2.36. The first-order valence-electron chi connectivity index (χ1n) is 3.94. The van der Waals surface area contributed by atoms with Crippen LogP contribution in [0.1, 0.15) is 26.7 Å². The van der Waals surface area contributed by atoms with E-state index in [2.05, 4.69) is 26.0 Å². The van der Waals surface area contributed by atoms with Crippen LogP contribution >= 0.6 is 0 Å². The van der Waals surface area contributed by atoms with Crippen LogP contribution in [-0.2, 0) is 0 Å². The molecule has 0 unspecified atom stereocenters. The van der Waals surface area contributed by atoms with E-state index < -0.39 is 0 Å². The van der Waals surface area contributed by atoms with Gasteiger partial charge in [-0.05, 0) is 18.3 Å². The quantitative estimate of drug-likeness (QED) is 0.552. The molecule has 0 spiro atoms. The molecule has 1 rings (SSSR count). The highest BCUT2D eigenvalue weighted by molar-refractivity contribution is 5.00. The number of rotatable bonds is 1. The highest BCUT2D eigenvalue weighted by Gasteiger charge is 2.28. The van der Waals surface area contributed by atoms with Gasteiger partial charge >= 0.3 is 0 Å². The summed E-state index contributed by atoms with van der Waals surface area (Å²) in [6, 6.07) is 0. The summed E-state index contributed by atoms with van der Waals surface area (Å²) in [5, 5.41) is 8.98. The third-order valence-electron chi connectivity index (χ3n) is 2.52. The molecule has 1 nitrogen and oxygen atoms in total. The Morgan fingerprint density at radius 1 is 1.60 bits per heavy atom. The second-order valence-electron chi connectivity index (χ2n) is 3.74. The molecule has 1 atom stereocenters. The van der Waals surface area contributed by atoms with E-state index in [4.69, 9.17) is 5.11 Å². The maximum Gasteiger partial charge on any atom is 0.0498 e. The van der Waals surface area contributed by atoms with Gasteiger partial charge in [0.05, 0.1) is 0 Å². The van der Waals surface area contributed by atoms with Gasteiger partial charge < -0.3 is 5.11 Å². The van der Waals surface area contributed by atoms with Crippen molar-refractivity contribution in [3.05, 3.63) is 12.2 Å². The van der Waals surface area contributed by atoms with Gasteiger partial charge in [0, 0.05) is 12.5 Å². The molecule has 0 bridgehead atoms. The van der Waals surface area contributed by atoms with Crippen molar-refractivity contribution in [3.8, 4) is 0 Å². The summed E-state index contributed by atoms with van der Waals surface area (Å²) in [6.45, 7) is 4.73. The van der Waals surface area contributed by atoms with Crippen LogP contribution in [0.15, 0.2) is 12.2 Å². The van der Waals surface area contributed by atoms with Crippen molar-refractivity contribution in [1.29, 1.82) is 0 Å². The summed E-state index contributed by atoms with van der Waals surface area (Å²) >= 11 is 0. The van der Waals surface area contributed by atoms with Crippen LogP contribution in [-0.4, -0.2) is 11.7 Å². The molecule has 0 radical (unpaired) electrons. The first kappa shape index (κ1) is 7.80. The third-order valence-corrected chi connectivity index (χ3v) is 2.52. The van der Waals surface area contributed by atoms with Crippen LogP contribution in [0, 0.1) is 11.3 Å². The molecule has 1 aliphatic carbocycles. The molecule has 0 fully saturated rings. The second-order valence-corrected chi connectivity index (χ2v) is 3.74. The first-order chi connectivity index (χ1) is 4.67. The lowest BCUT2D eigenvalue weighted by Crippen LogP contribution is -2.27. The Morgan fingerprint density at radius 3 is 2.70 bits per heavy atom. The van der Waals surface area contributed by atoms with Crippen molar-refractivity contribution in [1.82, 2.24) is 0 Å². The Kier molecular flexibility index (Phi) is 2.14. The highest BCUT2D eigenvalue weighted by atomic mass is 16.3. The van der Waals surface area contributed by atoms with Gasteiger partial charge in [0.1, 0.15) is 0 Å². The molecular formula is C9H16O. The van der Waals surface area contributed by atoms with Crippen molar-refractivity contribution in [2.45, 2.75) is 26.7 Å². The molecule has 0 saturated carbocycles. The largest absolute Gasteiger partial charge is 0.396 e. The van der Waals surface area contributed by atoms with E-state index >= 15 is 0 Å². The zero-order valence-corrected chi connectivity index (χ0v) is 6.80. The average Bonchev–Trinajstić information content (AvgIpc) is 1.87. The minimum atomic E-state index is 0.295. The van der Waals surface area contributed by atoms with Gasteiger partial charge in [-0.3, -0.25) is 0 Å². The van der Waals surface area contributed by atoms with Gasteiger partial charge in [-0.2, -0.15) is 0 Å². The predicted molar refractivity (Wildman–Crippen MR) is 42.7 cm³/mol. The normalized spacial score (nSPS) is 30.5. The lowest BCUT2D eigenvalue weighted by atomic mass is 9.73. The monoisotopic (exact) mass is 140 g/mol. The zero-order valence-electron chi connectivity index (χ0n) is 6.80. The van der Waals surface area contributed by atoms with Crippen molar-refractivity contribution in [3.63, 3.8) is 0 Å². The first-order valence-corrected chi connectivity index (χ1v) is 3.94. The molecule has 0 saturated heterocycles. The fourth-order valence-electron chi connectivity index (χ4n) is 1.47. The standard InChI is InChI=1S/C9H16O/c1-9(2)6-4-3-5-8(9)7-10/h3,5,8,10H,4,6-7H2,1-2H3/t8-/m1/s1. The van der Waals surface area contributed by atoms with Gasteiger partial charge in [-0.1, -0.05) is 26.0 Å². The Morgan fingerprint density at radius 2 is 2.30 bits per heavy atom. The molecular weight excluding hydrogens is 124 g/mol. The lowest BCUT2D eigenvalue weighted by molar-refractivity contribution is 0.138. The van der Waals surface area contributed by atoms with Gasteiger partial charge in [0.15, 0.2) is 0 Å². The lowest BCUT2D eigenvalue weighted by Gasteiger charge is -2.33. The van der Waals surface area contributed by atoms with Crippen LogP contribution in [0.25, 0.3) is 0 Å². The molecule has 10 heavy (non-hydrogen) atoms. The van der Waals surface area contributed by atoms with Crippen molar-refractivity contribution < 1.29 is 5.11 Å². The average molecular weight is 140 g/mol. The van der Waals surface area contributed by atoms with E-state index in [1.807, 2.05) is 0 Å². The smallest absolute Gasteiger partial charge is 0.0498 e. The predicted octanol–water partition coefficient (Wildman–Crippen LogP) is 1.97. The van der Waals surface area contributed by atoms with Crippen LogP contribution < -0.4 is 0 Å². The fourth-order valence-corrected chi connectivity index (χ4v) is 1.47. The number of aliphatic hydroxyl groups is 1. The molecule has 0 aromatic rings. The Bertz CT molecular complexity index is 136. The molecule has 0 aromatic heterocycles. The number of allylic oxidation sites excluding steroid dienone is 1. The molecule has 1 aliphatic rings. The van der Waals surface area contributed by atoms with Gasteiger partial charge in [-0.25, -0.2) is 0 Å². The molecule has 0 amide bonds. The fraction of sp³-hybridized carbons (Fsp3) is 0.778. The summed E-state index contributed by atoms with van der Waals surface area (Å²) < 4.78 is 0. The van der Waals surface area contributed by atoms with Gasteiger partial charge in [0.25, 0.3) is 0 Å². The minimum Gasteiger partial charge on any atom is -0.396 e. The minimum absolute atomic E-state index is 0.295. The summed E-state index contributed by atoms with van der Waals surface area (Å²) in [4.78, 5) is 0. The maximum atomic E-state index is 8.98. The van der Waals surface area contributed by atoms with Crippen LogP contribution in [0.5, 0.6) is 0 Å².